The minimum absolute atomic E-state index is 0.0266. The third kappa shape index (κ3) is 4.86. The van der Waals surface area contributed by atoms with Gasteiger partial charge < -0.3 is 14.5 Å². The largest absolute Gasteiger partial charge is 0.444 e. The molecule has 144 valence electrons. The lowest BCUT2D eigenvalue weighted by Crippen LogP contribution is -2.60. The van der Waals surface area contributed by atoms with Crippen molar-refractivity contribution < 1.29 is 14.5 Å². The van der Waals surface area contributed by atoms with Crippen molar-refractivity contribution in [2.75, 3.05) is 24.5 Å². The molecule has 7 heteroatoms. The van der Waals surface area contributed by atoms with Crippen molar-refractivity contribution in [1.29, 1.82) is 0 Å². The average Bonchev–Trinajstić information content (AvgIpc) is 2.52. The number of ether oxygens (including phenoxy) is 1. The van der Waals surface area contributed by atoms with Gasteiger partial charge in [-0.05, 0) is 38.3 Å². The second-order valence-corrected chi connectivity index (χ2v) is 8.78. The zero-order valence-corrected chi connectivity index (χ0v) is 16.5. The normalized spacial score (nSPS) is 18.6. The van der Waals surface area contributed by atoms with Crippen LogP contribution < -0.4 is 4.90 Å². The summed E-state index contributed by atoms with van der Waals surface area (Å²) >= 11 is 0. The van der Waals surface area contributed by atoms with Gasteiger partial charge in [-0.2, -0.15) is 0 Å². The molecule has 1 fully saturated rings. The number of anilines is 1. The van der Waals surface area contributed by atoms with Crippen molar-refractivity contribution in [2.45, 2.75) is 53.2 Å². The van der Waals surface area contributed by atoms with Crippen molar-refractivity contribution in [1.82, 2.24) is 4.90 Å². The Morgan fingerprint density at radius 1 is 1.12 bits per heavy atom. The van der Waals surface area contributed by atoms with E-state index >= 15 is 0 Å². The van der Waals surface area contributed by atoms with Crippen molar-refractivity contribution >= 4 is 17.5 Å². The molecule has 1 heterocycles. The zero-order valence-electron chi connectivity index (χ0n) is 16.5. The van der Waals surface area contributed by atoms with Crippen LogP contribution in [0.25, 0.3) is 0 Å². The van der Waals surface area contributed by atoms with E-state index in [0.717, 1.165) is 5.69 Å². The van der Waals surface area contributed by atoms with Crippen LogP contribution in [0.15, 0.2) is 24.3 Å². The third-order valence-electron chi connectivity index (χ3n) is 4.43. The quantitative estimate of drug-likeness (QED) is 0.585. The van der Waals surface area contributed by atoms with Crippen LogP contribution in [0, 0.1) is 15.5 Å². The molecule has 2 rings (SSSR count). The van der Waals surface area contributed by atoms with Crippen LogP contribution in [-0.2, 0) is 4.74 Å². The molecule has 7 nitrogen and oxygen atoms in total. The fraction of sp³-hybridized carbons (Fsp3) is 0.632. The lowest BCUT2D eigenvalue weighted by molar-refractivity contribution is -0.384. The number of carbonyl (C=O) groups excluding carboxylic acids is 1. The molecular formula is C19H29N3O4. The van der Waals surface area contributed by atoms with Crippen LogP contribution in [0.3, 0.4) is 0 Å². The number of nitro benzene ring substituents is 1. The first kappa shape index (κ1) is 20.0. The Morgan fingerprint density at radius 3 is 2.15 bits per heavy atom. The second-order valence-electron chi connectivity index (χ2n) is 8.78. The summed E-state index contributed by atoms with van der Waals surface area (Å²) < 4.78 is 5.58. The van der Waals surface area contributed by atoms with Gasteiger partial charge in [-0.3, -0.25) is 10.1 Å². The first-order chi connectivity index (χ1) is 11.9. The molecular weight excluding hydrogens is 334 g/mol. The summed E-state index contributed by atoms with van der Waals surface area (Å²) in [4.78, 5) is 27.1. The van der Waals surface area contributed by atoms with Crippen molar-refractivity contribution in [3.63, 3.8) is 0 Å². The predicted octanol–water partition coefficient (Wildman–Crippen LogP) is 4.07. The summed E-state index contributed by atoms with van der Waals surface area (Å²) in [5, 5.41) is 10.8. The molecule has 1 aromatic carbocycles. The Labute approximate surface area is 155 Å². The molecule has 1 aromatic rings. The molecule has 1 aliphatic rings. The molecule has 0 bridgehead atoms. The van der Waals surface area contributed by atoms with E-state index in [0.29, 0.717) is 19.6 Å². The van der Waals surface area contributed by atoms with E-state index in [9.17, 15) is 14.9 Å². The van der Waals surface area contributed by atoms with E-state index in [2.05, 4.69) is 25.7 Å². The Hall–Kier alpha value is -2.31. The molecule has 0 radical (unpaired) electrons. The summed E-state index contributed by atoms with van der Waals surface area (Å²) in [6.45, 7) is 13.8. The van der Waals surface area contributed by atoms with Crippen LogP contribution in [-0.4, -0.2) is 47.2 Å². The maximum atomic E-state index is 12.6. The number of nitrogens with zero attached hydrogens (tertiary/aromatic N) is 3. The van der Waals surface area contributed by atoms with E-state index < -0.39 is 10.5 Å². The fourth-order valence-corrected chi connectivity index (χ4v) is 3.08. The minimum atomic E-state index is -0.533. The number of rotatable bonds is 2. The number of carbonyl (C=O) groups is 1. The molecule has 0 saturated carbocycles. The van der Waals surface area contributed by atoms with Gasteiger partial charge in [0, 0.05) is 37.5 Å². The van der Waals surface area contributed by atoms with E-state index in [1.54, 1.807) is 12.1 Å². The number of hydrogen-bond donors (Lipinski definition) is 0. The number of nitro groups is 1. The van der Waals surface area contributed by atoms with Crippen molar-refractivity contribution in [3.8, 4) is 0 Å². The first-order valence-electron chi connectivity index (χ1n) is 8.87. The molecule has 26 heavy (non-hydrogen) atoms. The molecule has 1 atom stereocenters. The summed E-state index contributed by atoms with van der Waals surface area (Å²) in [5.74, 6) is 0. The van der Waals surface area contributed by atoms with Gasteiger partial charge in [0.1, 0.15) is 5.60 Å². The standard InChI is InChI=1S/C19H29N3O4/c1-18(2,3)16-13-20(14-7-9-15(10-8-14)22(24)25)11-12-21(16)17(23)26-19(4,5)6/h7-10,16H,11-13H2,1-6H3. The molecule has 1 saturated heterocycles. The highest BCUT2D eigenvalue weighted by Gasteiger charge is 2.39. The third-order valence-corrected chi connectivity index (χ3v) is 4.43. The van der Waals surface area contributed by atoms with Gasteiger partial charge in [0.25, 0.3) is 5.69 Å². The van der Waals surface area contributed by atoms with Crippen LogP contribution in [0.5, 0.6) is 0 Å². The van der Waals surface area contributed by atoms with Crippen LogP contribution in [0.4, 0.5) is 16.2 Å². The number of benzene rings is 1. The second kappa shape index (κ2) is 7.13. The summed E-state index contributed by atoms with van der Waals surface area (Å²) in [7, 11) is 0. The Balaban J connectivity index is 2.19. The van der Waals surface area contributed by atoms with E-state index in [-0.39, 0.29) is 23.2 Å². The van der Waals surface area contributed by atoms with E-state index in [4.69, 9.17) is 4.74 Å². The molecule has 0 aliphatic carbocycles. The maximum Gasteiger partial charge on any atom is 0.410 e. The van der Waals surface area contributed by atoms with Gasteiger partial charge in [-0.25, -0.2) is 4.79 Å². The summed E-state index contributed by atoms with van der Waals surface area (Å²) in [6, 6.07) is 6.53. The van der Waals surface area contributed by atoms with E-state index in [1.165, 1.54) is 12.1 Å². The van der Waals surface area contributed by atoms with Gasteiger partial charge >= 0.3 is 6.09 Å². The SMILES string of the molecule is CC(C)(C)OC(=O)N1CCN(c2ccc([N+](=O)[O-])cc2)CC1C(C)(C)C. The first-order valence-corrected chi connectivity index (χ1v) is 8.87. The highest BCUT2D eigenvalue weighted by Crippen LogP contribution is 2.31. The predicted molar refractivity (Wildman–Crippen MR) is 101 cm³/mol. The monoisotopic (exact) mass is 363 g/mol. The lowest BCUT2D eigenvalue weighted by atomic mass is 9.84. The number of hydrogen-bond acceptors (Lipinski definition) is 5. The smallest absolute Gasteiger partial charge is 0.410 e. The molecule has 0 N–H and O–H groups in total. The number of non-ortho nitro benzene ring substituents is 1. The van der Waals surface area contributed by atoms with Gasteiger partial charge in [0.15, 0.2) is 0 Å². The topological polar surface area (TPSA) is 75.9 Å². The molecule has 1 amide bonds. The molecule has 1 unspecified atom stereocenters. The summed E-state index contributed by atoms with van der Waals surface area (Å²) in [6.07, 6.45) is -0.291. The van der Waals surface area contributed by atoms with Crippen molar-refractivity contribution in [3.05, 3.63) is 34.4 Å². The van der Waals surface area contributed by atoms with Crippen molar-refractivity contribution in [2.24, 2.45) is 5.41 Å². The van der Waals surface area contributed by atoms with Gasteiger partial charge in [0.05, 0.1) is 11.0 Å². The lowest BCUT2D eigenvalue weighted by Gasteiger charge is -2.47. The van der Waals surface area contributed by atoms with Gasteiger partial charge in [0.2, 0.25) is 0 Å². The highest BCUT2D eigenvalue weighted by atomic mass is 16.6. The fourth-order valence-electron chi connectivity index (χ4n) is 3.08. The Bertz CT molecular complexity index is 659. The van der Waals surface area contributed by atoms with Crippen LogP contribution in [0.2, 0.25) is 0 Å². The summed E-state index contributed by atoms with van der Waals surface area (Å²) in [5.41, 5.74) is 0.341. The zero-order chi connectivity index (χ0) is 19.7. The molecule has 1 aliphatic heterocycles. The van der Waals surface area contributed by atoms with Crippen LogP contribution in [0.1, 0.15) is 41.5 Å². The molecule has 0 spiro atoms. The van der Waals surface area contributed by atoms with Gasteiger partial charge in [-0.15, -0.1) is 0 Å². The minimum Gasteiger partial charge on any atom is -0.444 e. The number of piperazine rings is 1. The maximum absolute atomic E-state index is 12.6. The Morgan fingerprint density at radius 2 is 1.69 bits per heavy atom. The van der Waals surface area contributed by atoms with Gasteiger partial charge in [-0.1, -0.05) is 20.8 Å². The average molecular weight is 363 g/mol. The van der Waals surface area contributed by atoms with E-state index in [1.807, 2.05) is 25.7 Å². The highest BCUT2D eigenvalue weighted by molar-refractivity contribution is 5.69. The molecule has 0 aromatic heterocycles. The Kier molecular flexibility index (Phi) is 5.49. The van der Waals surface area contributed by atoms with Crippen LogP contribution >= 0.6 is 0 Å². The number of amides is 1.